The molecule has 2 aliphatic heterocycles. The van der Waals surface area contributed by atoms with Crippen LogP contribution in [0.2, 0.25) is 0 Å². The Balaban J connectivity index is 1.65. The summed E-state index contributed by atoms with van der Waals surface area (Å²) in [5, 5.41) is 12.3. The van der Waals surface area contributed by atoms with Crippen LogP contribution in [-0.2, 0) is 16.1 Å². The molecule has 7 heteroatoms. The Kier molecular flexibility index (Phi) is 4.42. The summed E-state index contributed by atoms with van der Waals surface area (Å²) in [4.78, 5) is 14.3. The summed E-state index contributed by atoms with van der Waals surface area (Å²) in [6, 6.07) is 5.67. The van der Waals surface area contributed by atoms with Gasteiger partial charge >= 0.3 is 0 Å². The summed E-state index contributed by atoms with van der Waals surface area (Å²) < 4.78 is 8.38. The molecule has 1 fully saturated rings. The smallest absolute Gasteiger partial charge is 0.238 e. The first-order valence-corrected chi connectivity index (χ1v) is 7.87. The van der Waals surface area contributed by atoms with Gasteiger partial charge in [0.1, 0.15) is 11.4 Å². The molecule has 0 bridgehead atoms. The molecule has 2 heterocycles. The minimum Gasteiger partial charge on any atom is -0.395 e. The normalized spacial score (nSPS) is 20.9. The zero-order valence-electron chi connectivity index (χ0n) is 11.7. The van der Waals surface area contributed by atoms with E-state index in [4.69, 9.17) is 0 Å². The van der Waals surface area contributed by atoms with E-state index in [1.807, 2.05) is 18.2 Å². The van der Waals surface area contributed by atoms with Gasteiger partial charge in [-0.05, 0) is 31.5 Å². The summed E-state index contributed by atoms with van der Waals surface area (Å²) in [5.41, 5.74) is 2.22. The third-order valence-corrected chi connectivity index (χ3v) is 4.41. The Labute approximate surface area is 127 Å². The average molecular weight is 306 g/mol. The zero-order valence-corrected chi connectivity index (χ0v) is 12.5. The van der Waals surface area contributed by atoms with Crippen molar-refractivity contribution in [1.29, 1.82) is 0 Å². The van der Waals surface area contributed by atoms with E-state index in [9.17, 15) is 9.90 Å². The standard InChI is InChI=1S/C14H18N4O2S/c19-9-10-4-1-2-7-18(10)8-13(20)15-11-5-3-6-12-14(11)17-21-16-12/h3,5-6,10,19H,1-2,4,7-9H2,(H,15,20)/t10-/m1/s1. The second-order valence-corrected chi connectivity index (χ2v) is 5.82. The first-order valence-electron chi connectivity index (χ1n) is 7.14. The van der Waals surface area contributed by atoms with Crippen LogP contribution >= 0.6 is 0 Å². The fourth-order valence-electron chi connectivity index (χ4n) is 2.76. The molecule has 0 radical (unpaired) electrons. The minimum atomic E-state index is -0.0733. The van der Waals surface area contributed by atoms with Crippen molar-refractivity contribution < 1.29 is 9.90 Å². The number of benzene rings is 1. The van der Waals surface area contributed by atoms with Crippen molar-refractivity contribution >= 4 is 34.3 Å². The lowest BCUT2D eigenvalue weighted by Crippen LogP contribution is -2.45. The van der Waals surface area contributed by atoms with Crippen molar-refractivity contribution in [2.75, 3.05) is 25.0 Å². The number of fused-ring (bicyclic) bond motifs is 1. The number of amides is 1. The van der Waals surface area contributed by atoms with E-state index in [0.29, 0.717) is 12.2 Å². The highest BCUT2D eigenvalue weighted by Gasteiger charge is 2.24. The number of aliphatic hydroxyl groups excluding tert-OH is 1. The lowest BCUT2D eigenvalue weighted by atomic mass is 10.0. The summed E-state index contributed by atoms with van der Waals surface area (Å²) >= 11 is 1.14. The van der Waals surface area contributed by atoms with E-state index >= 15 is 0 Å². The SMILES string of the molecule is O=C(CN1CCCC[C@@H]1CO)Nc1cccc2c1N=S=N2. The Morgan fingerprint density at radius 1 is 1.43 bits per heavy atom. The van der Waals surface area contributed by atoms with Gasteiger partial charge < -0.3 is 10.4 Å². The molecule has 0 saturated carbocycles. The maximum absolute atomic E-state index is 12.2. The number of carbonyl (C=O) groups excluding carboxylic acids is 1. The number of anilines is 1. The lowest BCUT2D eigenvalue weighted by Gasteiger charge is -2.33. The van der Waals surface area contributed by atoms with Crippen LogP contribution in [0.15, 0.2) is 26.9 Å². The van der Waals surface area contributed by atoms with E-state index in [1.54, 1.807) is 0 Å². The second kappa shape index (κ2) is 6.46. The van der Waals surface area contributed by atoms with Crippen LogP contribution < -0.4 is 5.32 Å². The van der Waals surface area contributed by atoms with Gasteiger partial charge in [-0.1, -0.05) is 12.5 Å². The molecule has 1 aromatic rings. The number of nitrogens with zero attached hydrogens (tertiary/aromatic N) is 3. The van der Waals surface area contributed by atoms with Crippen LogP contribution in [0.1, 0.15) is 19.3 Å². The predicted molar refractivity (Wildman–Crippen MR) is 82.9 cm³/mol. The van der Waals surface area contributed by atoms with Gasteiger partial charge in [-0.25, -0.2) is 0 Å². The number of nitrogens with one attached hydrogen (secondary N) is 1. The van der Waals surface area contributed by atoms with Crippen LogP contribution in [0.4, 0.5) is 17.1 Å². The molecule has 1 aromatic carbocycles. The van der Waals surface area contributed by atoms with Gasteiger partial charge in [0.25, 0.3) is 0 Å². The maximum Gasteiger partial charge on any atom is 0.238 e. The van der Waals surface area contributed by atoms with Crippen molar-refractivity contribution in [1.82, 2.24) is 4.90 Å². The molecule has 6 nitrogen and oxygen atoms in total. The third kappa shape index (κ3) is 3.20. The first kappa shape index (κ1) is 14.4. The Morgan fingerprint density at radius 2 is 2.33 bits per heavy atom. The fraction of sp³-hybridized carbons (Fsp3) is 0.500. The second-order valence-electron chi connectivity index (χ2n) is 5.29. The average Bonchev–Trinajstić information content (AvgIpc) is 2.97. The molecule has 1 atom stereocenters. The molecule has 0 spiro atoms. The molecule has 1 amide bonds. The molecule has 0 aromatic heterocycles. The largest absolute Gasteiger partial charge is 0.395 e. The zero-order chi connectivity index (χ0) is 14.7. The number of hydrogen-bond donors (Lipinski definition) is 2. The number of piperidine rings is 1. The van der Waals surface area contributed by atoms with Crippen LogP contribution in [-0.4, -0.2) is 41.7 Å². The quantitative estimate of drug-likeness (QED) is 0.909. The predicted octanol–water partition coefficient (Wildman–Crippen LogP) is 2.20. The fourth-order valence-corrected chi connectivity index (χ4v) is 3.31. The van der Waals surface area contributed by atoms with Gasteiger partial charge in [0.15, 0.2) is 0 Å². The number of rotatable bonds is 4. The maximum atomic E-state index is 12.2. The van der Waals surface area contributed by atoms with Crippen LogP contribution in [0.3, 0.4) is 0 Å². The Hall–Kier alpha value is -1.57. The third-order valence-electron chi connectivity index (χ3n) is 3.87. The molecule has 2 aliphatic rings. The van der Waals surface area contributed by atoms with E-state index in [1.165, 1.54) is 0 Å². The van der Waals surface area contributed by atoms with E-state index in [2.05, 4.69) is 18.9 Å². The summed E-state index contributed by atoms with van der Waals surface area (Å²) in [7, 11) is 0. The summed E-state index contributed by atoms with van der Waals surface area (Å²) in [6.45, 7) is 1.28. The number of likely N-dealkylation sites (tertiary alicyclic amines) is 1. The van der Waals surface area contributed by atoms with Crippen molar-refractivity contribution in [3.05, 3.63) is 18.2 Å². The molecule has 2 N–H and O–H groups in total. The van der Waals surface area contributed by atoms with Gasteiger partial charge in [-0.2, -0.15) is 8.73 Å². The van der Waals surface area contributed by atoms with Gasteiger partial charge in [0.2, 0.25) is 5.91 Å². The molecular weight excluding hydrogens is 288 g/mol. The topological polar surface area (TPSA) is 77.3 Å². The summed E-state index contributed by atoms with van der Waals surface area (Å²) in [5.74, 6) is -0.0733. The van der Waals surface area contributed by atoms with E-state index in [0.717, 1.165) is 48.5 Å². The van der Waals surface area contributed by atoms with Crippen LogP contribution in [0.5, 0.6) is 0 Å². The Morgan fingerprint density at radius 3 is 3.19 bits per heavy atom. The highest BCUT2D eigenvalue weighted by atomic mass is 32.1. The Bertz CT molecular complexity index is 613. The van der Waals surface area contributed by atoms with Crippen molar-refractivity contribution in [3.63, 3.8) is 0 Å². The molecule has 3 rings (SSSR count). The molecule has 21 heavy (non-hydrogen) atoms. The van der Waals surface area contributed by atoms with Crippen LogP contribution in [0, 0.1) is 0 Å². The monoisotopic (exact) mass is 306 g/mol. The first-order chi connectivity index (χ1) is 10.3. The highest BCUT2D eigenvalue weighted by molar-refractivity contribution is 7.58. The van der Waals surface area contributed by atoms with E-state index in [-0.39, 0.29) is 18.6 Å². The van der Waals surface area contributed by atoms with Crippen molar-refractivity contribution in [3.8, 4) is 0 Å². The number of carbonyl (C=O) groups is 1. The highest BCUT2D eigenvalue weighted by Crippen LogP contribution is 2.38. The molecule has 0 unspecified atom stereocenters. The number of aliphatic hydroxyl groups is 1. The number of hydrogen-bond acceptors (Lipinski definition) is 5. The summed E-state index contributed by atoms with van der Waals surface area (Å²) in [6.07, 6.45) is 3.15. The molecule has 0 aliphatic carbocycles. The van der Waals surface area contributed by atoms with Crippen molar-refractivity contribution in [2.45, 2.75) is 25.3 Å². The van der Waals surface area contributed by atoms with Crippen LogP contribution in [0.25, 0.3) is 0 Å². The molecule has 1 saturated heterocycles. The van der Waals surface area contributed by atoms with Crippen molar-refractivity contribution in [2.24, 2.45) is 8.73 Å². The van der Waals surface area contributed by atoms with Gasteiger partial charge in [-0.15, -0.1) is 0 Å². The molecule has 112 valence electrons. The lowest BCUT2D eigenvalue weighted by molar-refractivity contribution is -0.118. The van der Waals surface area contributed by atoms with Gasteiger partial charge in [-0.3, -0.25) is 9.69 Å². The molecular formula is C14H18N4O2S. The minimum absolute atomic E-state index is 0.0733. The van der Waals surface area contributed by atoms with Gasteiger partial charge in [0, 0.05) is 6.04 Å². The van der Waals surface area contributed by atoms with Gasteiger partial charge in [0.05, 0.1) is 30.2 Å². The van der Waals surface area contributed by atoms with E-state index < -0.39 is 0 Å².